The number of rotatable bonds is 3. The normalized spacial score (nSPS) is 13.1. The molecule has 2 aromatic heterocycles. The number of benzene rings is 1. The Balaban J connectivity index is 1.61. The van der Waals surface area contributed by atoms with Crippen molar-refractivity contribution in [1.82, 2.24) is 15.0 Å². The molecule has 4 rings (SSSR count). The minimum absolute atomic E-state index is 0.614. The summed E-state index contributed by atoms with van der Waals surface area (Å²) in [5, 5.41) is 4.23. The summed E-state index contributed by atoms with van der Waals surface area (Å²) in [5.41, 5.74) is 4.82. The molecular weight excluding hydrogens is 292 g/mol. The molecule has 3 aromatic rings. The first-order valence-corrected chi connectivity index (χ1v) is 8.24. The lowest BCUT2D eigenvalue weighted by Gasteiger charge is -2.07. The van der Waals surface area contributed by atoms with E-state index in [1.54, 1.807) is 17.5 Å². The van der Waals surface area contributed by atoms with E-state index in [2.05, 4.69) is 38.5 Å². The lowest BCUT2D eigenvalue weighted by molar-refractivity contribution is 0.912. The summed E-state index contributed by atoms with van der Waals surface area (Å²) in [6.45, 7) is 2.05. The van der Waals surface area contributed by atoms with Gasteiger partial charge >= 0.3 is 0 Å². The summed E-state index contributed by atoms with van der Waals surface area (Å²) in [7, 11) is 0. The maximum atomic E-state index is 4.57. The average molecular weight is 308 g/mol. The van der Waals surface area contributed by atoms with Crippen LogP contribution in [0, 0.1) is 6.92 Å². The molecule has 4 nitrogen and oxygen atoms in total. The highest BCUT2D eigenvalue weighted by atomic mass is 32.1. The van der Waals surface area contributed by atoms with Gasteiger partial charge in [-0.15, -0.1) is 11.3 Å². The molecule has 5 heteroatoms. The molecule has 2 heterocycles. The molecule has 22 heavy (non-hydrogen) atoms. The van der Waals surface area contributed by atoms with Gasteiger partial charge in [-0.3, -0.25) is 0 Å². The van der Waals surface area contributed by atoms with Gasteiger partial charge in [0.1, 0.15) is 10.7 Å². The van der Waals surface area contributed by atoms with Crippen LogP contribution in [-0.4, -0.2) is 15.0 Å². The predicted octanol–water partition coefficient (Wildman–Crippen LogP) is 4.14. The highest BCUT2D eigenvalue weighted by Gasteiger charge is 2.11. The molecule has 0 amide bonds. The topological polar surface area (TPSA) is 50.7 Å². The van der Waals surface area contributed by atoms with Crippen molar-refractivity contribution in [2.45, 2.75) is 26.2 Å². The molecule has 0 unspecified atom stereocenters. The van der Waals surface area contributed by atoms with E-state index in [0.29, 0.717) is 5.95 Å². The molecule has 0 bridgehead atoms. The number of hydrogen-bond donors (Lipinski definition) is 1. The summed E-state index contributed by atoms with van der Waals surface area (Å²) >= 11 is 1.64. The van der Waals surface area contributed by atoms with Crippen molar-refractivity contribution in [1.29, 1.82) is 0 Å². The fraction of sp³-hybridized carbons (Fsp3) is 0.235. The third-order valence-electron chi connectivity index (χ3n) is 3.85. The van der Waals surface area contributed by atoms with Gasteiger partial charge in [-0.05, 0) is 55.5 Å². The zero-order valence-electron chi connectivity index (χ0n) is 12.3. The molecule has 0 radical (unpaired) electrons. The predicted molar refractivity (Wildman–Crippen MR) is 89.6 cm³/mol. The van der Waals surface area contributed by atoms with Crippen molar-refractivity contribution in [2.24, 2.45) is 0 Å². The lowest BCUT2D eigenvalue weighted by atomic mass is 10.1. The molecule has 1 N–H and O–H groups in total. The fourth-order valence-corrected chi connectivity index (χ4v) is 3.52. The van der Waals surface area contributed by atoms with Crippen molar-refractivity contribution in [3.05, 3.63) is 52.7 Å². The van der Waals surface area contributed by atoms with E-state index in [9.17, 15) is 0 Å². The monoisotopic (exact) mass is 308 g/mol. The van der Waals surface area contributed by atoms with Crippen LogP contribution in [0.15, 0.2) is 36.7 Å². The summed E-state index contributed by atoms with van der Waals surface area (Å²) in [6.07, 6.45) is 7.27. The molecule has 0 atom stereocenters. The molecular formula is C17H16N4S. The van der Waals surface area contributed by atoms with E-state index in [1.165, 1.54) is 35.3 Å². The standard InChI is InChI=1S/C17H16N4S/c1-11-10-19-16(22-11)15-7-8-18-17(21-15)20-14-6-5-12-3-2-4-13(12)9-14/h5-10H,2-4H2,1H3,(H,18,20,21). The van der Waals surface area contributed by atoms with Crippen molar-refractivity contribution in [3.8, 4) is 10.7 Å². The Morgan fingerprint density at radius 3 is 2.86 bits per heavy atom. The number of thiazole rings is 1. The van der Waals surface area contributed by atoms with Crippen molar-refractivity contribution >= 4 is 23.0 Å². The molecule has 0 aliphatic heterocycles. The van der Waals surface area contributed by atoms with Crippen molar-refractivity contribution < 1.29 is 0 Å². The van der Waals surface area contributed by atoms with Crippen LogP contribution in [-0.2, 0) is 12.8 Å². The van der Waals surface area contributed by atoms with Crippen LogP contribution in [0.25, 0.3) is 10.7 Å². The van der Waals surface area contributed by atoms with Gasteiger partial charge in [0.2, 0.25) is 5.95 Å². The number of anilines is 2. The smallest absolute Gasteiger partial charge is 0.227 e. The third-order valence-corrected chi connectivity index (χ3v) is 4.79. The fourth-order valence-electron chi connectivity index (χ4n) is 2.79. The van der Waals surface area contributed by atoms with Crippen molar-refractivity contribution in [2.75, 3.05) is 5.32 Å². The van der Waals surface area contributed by atoms with Gasteiger partial charge in [0, 0.05) is 23.0 Å². The molecule has 1 aromatic carbocycles. The van der Waals surface area contributed by atoms with Crippen LogP contribution in [0.4, 0.5) is 11.6 Å². The van der Waals surface area contributed by atoms with Gasteiger partial charge in [-0.1, -0.05) is 6.07 Å². The van der Waals surface area contributed by atoms with E-state index >= 15 is 0 Å². The van der Waals surface area contributed by atoms with Crippen molar-refractivity contribution in [3.63, 3.8) is 0 Å². The van der Waals surface area contributed by atoms with Gasteiger partial charge in [0.05, 0.1) is 0 Å². The number of nitrogens with zero attached hydrogens (tertiary/aromatic N) is 3. The van der Waals surface area contributed by atoms with Gasteiger partial charge in [-0.2, -0.15) is 0 Å². The zero-order valence-corrected chi connectivity index (χ0v) is 13.2. The van der Waals surface area contributed by atoms with Crippen LogP contribution < -0.4 is 5.32 Å². The summed E-state index contributed by atoms with van der Waals surface area (Å²) in [6, 6.07) is 8.42. The van der Waals surface area contributed by atoms with E-state index in [-0.39, 0.29) is 0 Å². The summed E-state index contributed by atoms with van der Waals surface area (Å²) in [5.74, 6) is 0.614. The van der Waals surface area contributed by atoms with Crippen LogP contribution in [0.1, 0.15) is 22.4 Å². The number of nitrogens with one attached hydrogen (secondary N) is 1. The molecule has 0 spiro atoms. The van der Waals surface area contributed by atoms with Crippen LogP contribution >= 0.6 is 11.3 Å². The third kappa shape index (κ3) is 2.60. The van der Waals surface area contributed by atoms with E-state index < -0.39 is 0 Å². The maximum absolute atomic E-state index is 4.57. The SMILES string of the molecule is Cc1cnc(-c2ccnc(Nc3ccc4c(c3)CCC4)n2)s1. The lowest BCUT2D eigenvalue weighted by Crippen LogP contribution is -1.98. The number of aryl methyl sites for hydroxylation is 3. The Kier molecular flexibility index (Phi) is 3.35. The van der Waals surface area contributed by atoms with Gasteiger partial charge in [-0.25, -0.2) is 15.0 Å². The summed E-state index contributed by atoms with van der Waals surface area (Å²) < 4.78 is 0. The Bertz CT molecular complexity index is 825. The quantitative estimate of drug-likeness (QED) is 0.790. The minimum Gasteiger partial charge on any atom is -0.324 e. The highest BCUT2D eigenvalue weighted by molar-refractivity contribution is 7.14. The zero-order chi connectivity index (χ0) is 14.9. The van der Waals surface area contributed by atoms with E-state index in [4.69, 9.17) is 0 Å². The molecule has 0 saturated carbocycles. The Morgan fingerprint density at radius 1 is 1.09 bits per heavy atom. The second kappa shape index (κ2) is 5.50. The molecule has 1 aliphatic rings. The summed E-state index contributed by atoms with van der Waals surface area (Å²) in [4.78, 5) is 14.5. The van der Waals surface area contributed by atoms with E-state index in [0.717, 1.165) is 16.4 Å². The average Bonchev–Trinajstić information content (AvgIpc) is 3.16. The van der Waals surface area contributed by atoms with E-state index in [1.807, 2.05) is 19.2 Å². The maximum Gasteiger partial charge on any atom is 0.227 e. The van der Waals surface area contributed by atoms with Gasteiger partial charge in [0.15, 0.2) is 0 Å². The Hall–Kier alpha value is -2.27. The molecule has 1 aliphatic carbocycles. The second-order valence-electron chi connectivity index (χ2n) is 5.50. The first kappa shape index (κ1) is 13.4. The number of hydrogen-bond acceptors (Lipinski definition) is 5. The Morgan fingerprint density at radius 2 is 2.00 bits per heavy atom. The van der Waals surface area contributed by atoms with Crippen LogP contribution in [0.3, 0.4) is 0 Å². The van der Waals surface area contributed by atoms with Crippen LogP contribution in [0.5, 0.6) is 0 Å². The molecule has 0 fully saturated rings. The Labute approximate surface area is 133 Å². The molecule has 110 valence electrons. The van der Waals surface area contributed by atoms with Crippen LogP contribution in [0.2, 0.25) is 0 Å². The number of fused-ring (bicyclic) bond motifs is 1. The van der Waals surface area contributed by atoms with Gasteiger partial charge in [0.25, 0.3) is 0 Å². The largest absolute Gasteiger partial charge is 0.324 e. The van der Waals surface area contributed by atoms with Gasteiger partial charge < -0.3 is 5.32 Å². The first-order valence-electron chi connectivity index (χ1n) is 7.42. The highest BCUT2D eigenvalue weighted by Crippen LogP contribution is 2.27. The first-order chi connectivity index (χ1) is 10.8. The minimum atomic E-state index is 0.614. The second-order valence-corrected chi connectivity index (χ2v) is 6.74. The molecule has 0 saturated heterocycles. The number of aromatic nitrogens is 3.